The van der Waals surface area contributed by atoms with Crippen LogP contribution in [0.25, 0.3) is 0 Å². The lowest BCUT2D eigenvalue weighted by Crippen LogP contribution is -2.49. The maximum atomic E-state index is 12.4. The Morgan fingerprint density at radius 2 is 1.69 bits per heavy atom. The van der Waals surface area contributed by atoms with Crippen LogP contribution in [-0.2, 0) is 9.59 Å². The lowest BCUT2D eigenvalue weighted by molar-refractivity contribution is -0.134. The second-order valence-electron chi connectivity index (χ2n) is 6.75. The first kappa shape index (κ1) is 18.0. The van der Waals surface area contributed by atoms with E-state index in [0.29, 0.717) is 13.1 Å². The van der Waals surface area contributed by atoms with E-state index in [9.17, 15) is 9.59 Å². The highest BCUT2D eigenvalue weighted by atomic mass is 16.2. The lowest BCUT2D eigenvalue weighted by atomic mass is 10.2. The predicted molar refractivity (Wildman–Crippen MR) is 104 cm³/mol. The molecule has 1 N–H and O–H groups in total. The van der Waals surface area contributed by atoms with Crippen molar-refractivity contribution in [2.45, 2.75) is 20.3 Å². The molecule has 0 bridgehead atoms. The molecular formula is C21H25N3O2. The first-order valence-corrected chi connectivity index (χ1v) is 8.98. The van der Waals surface area contributed by atoms with Crippen molar-refractivity contribution in [1.82, 2.24) is 4.90 Å². The number of aryl methyl sites for hydroxylation is 2. The summed E-state index contributed by atoms with van der Waals surface area (Å²) in [6, 6.07) is 16.0. The third-order valence-electron chi connectivity index (χ3n) is 4.73. The van der Waals surface area contributed by atoms with Gasteiger partial charge in [0.15, 0.2) is 0 Å². The van der Waals surface area contributed by atoms with E-state index in [4.69, 9.17) is 0 Å². The standard InChI is InChI=1S/C21H25N3O2/c1-16-6-5-8-18(14-16)23-10-12-24(13-11-23)21(26)15-20(25)22-19-9-4-3-7-17(19)2/h3-9,14H,10-13,15H2,1-2H3,(H,22,25). The van der Waals surface area contributed by atoms with Gasteiger partial charge in [-0.05, 0) is 43.2 Å². The van der Waals surface area contributed by atoms with Crippen LogP contribution in [0.2, 0.25) is 0 Å². The molecule has 1 saturated heterocycles. The number of amides is 2. The van der Waals surface area contributed by atoms with Crippen LogP contribution in [0.3, 0.4) is 0 Å². The summed E-state index contributed by atoms with van der Waals surface area (Å²) in [6.07, 6.45) is -0.112. The summed E-state index contributed by atoms with van der Waals surface area (Å²) in [4.78, 5) is 28.7. The molecule has 2 amide bonds. The number of piperazine rings is 1. The zero-order valence-electron chi connectivity index (χ0n) is 15.4. The molecule has 0 aromatic heterocycles. The lowest BCUT2D eigenvalue weighted by Gasteiger charge is -2.36. The molecule has 3 rings (SSSR count). The number of rotatable bonds is 4. The molecule has 5 heteroatoms. The third kappa shape index (κ3) is 4.42. The van der Waals surface area contributed by atoms with Crippen LogP contribution in [0.15, 0.2) is 48.5 Å². The summed E-state index contributed by atoms with van der Waals surface area (Å²) in [5.41, 5.74) is 4.16. The SMILES string of the molecule is Cc1cccc(N2CCN(C(=O)CC(=O)Nc3ccccc3C)CC2)c1. The number of carbonyl (C=O) groups excluding carboxylic acids is 2. The Bertz CT molecular complexity index is 795. The Kier molecular flexibility index (Phi) is 5.56. The highest BCUT2D eigenvalue weighted by Crippen LogP contribution is 2.18. The highest BCUT2D eigenvalue weighted by molar-refractivity contribution is 6.03. The van der Waals surface area contributed by atoms with E-state index in [2.05, 4.69) is 41.4 Å². The zero-order valence-corrected chi connectivity index (χ0v) is 15.4. The molecule has 5 nitrogen and oxygen atoms in total. The van der Waals surface area contributed by atoms with Crippen LogP contribution in [0.5, 0.6) is 0 Å². The molecule has 0 aliphatic carbocycles. The van der Waals surface area contributed by atoms with Gasteiger partial charge in [0.2, 0.25) is 11.8 Å². The van der Waals surface area contributed by atoms with Crippen LogP contribution in [0.1, 0.15) is 17.5 Å². The number of hydrogen-bond acceptors (Lipinski definition) is 3. The van der Waals surface area contributed by atoms with Crippen molar-refractivity contribution in [3.63, 3.8) is 0 Å². The smallest absolute Gasteiger partial charge is 0.233 e. The van der Waals surface area contributed by atoms with E-state index in [1.54, 1.807) is 4.90 Å². The van der Waals surface area contributed by atoms with Crippen molar-refractivity contribution >= 4 is 23.2 Å². The maximum absolute atomic E-state index is 12.4. The van der Waals surface area contributed by atoms with Gasteiger partial charge in [0.1, 0.15) is 6.42 Å². The largest absolute Gasteiger partial charge is 0.368 e. The number of anilines is 2. The number of nitrogens with one attached hydrogen (secondary N) is 1. The number of carbonyl (C=O) groups is 2. The topological polar surface area (TPSA) is 52.7 Å². The normalized spacial score (nSPS) is 14.2. The summed E-state index contributed by atoms with van der Waals surface area (Å²) in [7, 11) is 0. The molecule has 0 atom stereocenters. The molecule has 1 aliphatic heterocycles. The van der Waals surface area contributed by atoms with Crippen molar-refractivity contribution in [2.75, 3.05) is 36.4 Å². The van der Waals surface area contributed by atoms with Gasteiger partial charge in [-0.2, -0.15) is 0 Å². The molecule has 136 valence electrons. The predicted octanol–water partition coefficient (Wildman–Crippen LogP) is 2.98. The first-order chi connectivity index (χ1) is 12.5. The van der Waals surface area contributed by atoms with Gasteiger partial charge in [-0.1, -0.05) is 30.3 Å². The molecule has 1 aliphatic rings. The molecule has 2 aromatic carbocycles. The second kappa shape index (κ2) is 8.04. The van der Waals surface area contributed by atoms with Gasteiger partial charge in [0.25, 0.3) is 0 Å². The molecular weight excluding hydrogens is 326 g/mol. The molecule has 2 aromatic rings. The third-order valence-corrected chi connectivity index (χ3v) is 4.73. The fourth-order valence-corrected chi connectivity index (χ4v) is 3.20. The van der Waals surface area contributed by atoms with E-state index >= 15 is 0 Å². The maximum Gasteiger partial charge on any atom is 0.233 e. The molecule has 0 saturated carbocycles. The first-order valence-electron chi connectivity index (χ1n) is 8.98. The Morgan fingerprint density at radius 3 is 2.38 bits per heavy atom. The van der Waals surface area contributed by atoms with Gasteiger partial charge in [-0.25, -0.2) is 0 Å². The van der Waals surface area contributed by atoms with E-state index in [1.165, 1.54) is 11.3 Å². The van der Waals surface area contributed by atoms with Crippen LogP contribution in [-0.4, -0.2) is 42.9 Å². The van der Waals surface area contributed by atoms with Crippen molar-refractivity contribution in [3.05, 3.63) is 59.7 Å². The molecule has 1 fully saturated rings. The fraction of sp³-hybridized carbons (Fsp3) is 0.333. The van der Waals surface area contributed by atoms with Gasteiger partial charge >= 0.3 is 0 Å². The molecule has 0 unspecified atom stereocenters. The van der Waals surface area contributed by atoms with E-state index in [0.717, 1.165) is 24.3 Å². The minimum atomic E-state index is -0.259. The number of hydrogen-bond donors (Lipinski definition) is 1. The highest BCUT2D eigenvalue weighted by Gasteiger charge is 2.23. The van der Waals surface area contributed by atoms with E-state index in [1.807, 2.05) is 31.2 Å². The molecule has 26 heavy (non-hydrogen) atoms. The van der Waals surface area contributed by atoms with Crippen LogP contribution in [0, 0.1) is 13.8 Å². The van der Waals surface area contributed by atoms with E-state index < -0.39 is 0 Å². The molecule has 1 heterocycles. The quantitative estimate of drug-likeness (QED) is 0.862. The van der Waals surface area contributed by atoms with Gasteiger partial charge in [-0.15, -0.1) is 0 Å². The Balaban J connectivity index is 1.50. The number of para-hydroxylation sites is 1. The van der Waals surface area contributed by atoms with Crippen molar-refractivity contribution in [3.8, 4) is 0 Å². The average molecular weight is 351 g/mol. The summed E-state index contributed by atoms with van der Waals surface area (Å²) >= 11 is 0. The van der Waals surface area contributed by atoms with Crippen LogP contribution in [0.4, 0.5) is 11.4 Å². The fourth-order valence-electron chi connectivity index (χ4n) is 3.20. The molecule has 0 radical (unpaired) electrons. The summed E-state index contributed by atoms with van der Waals surface area (Å²) < 4.78 is 0. The second-order valence-corrected chi connectivity index (χ2v) is 6.75. The molecule has 0 spiro atoms. The Hall–Kier alpha value is -2.82. The van der Waals surface area contributed by atoms with Gasteiger partial charge < -0.3 is 15.1 Å². The van der Waals surface area contributed by atoms with Crippen molar-refractivity contribution < 1.29 is 9.59 Å². The van der Waals surface area contributed by atoms with Crippen molar-refractivity contribution in [1.29, 1.82) is 0 Å². The Labute approximate surface area is 154 Å². The van der Waals surface area contributed by atoms with Crippen LogP contribution >= 0.6 is 0 Å². The minimum Gasteiger partial charge on any atom is -0.368 e. The van der Waals surface area contributed by atoms with Crippen molar-refractivity contribution in [2.24, 2.45) is 0 Å². The van der Waals surface area contributed by atoms with Crippen LogP contribution < -0.4 is 10.2 Å². The number of benzene rings is 2. The van der Waals surface area contributed by atoms with E-state index in [-0.39, 0.29) is 18.2 Å². The average Bonchev–Trinajstić information content (AvgIpc) is 2.64. The van der Waals surface area contributed by atoms with Gasteiger partial charge in [0, 0.05) is 37.6 Å². The van der Waals surface area contributed by atoms with Gasteiger partial charge in [0.05, 0.1) is 0 Å². The summed E-state index contributed by atoms with van der Waals surface area (Å²) in [5, 5.41) is 2.82. The number of nitrogens with zero attached hydrogens (tertiary/aromatic N) is 2. The minimum absolute atomic E-state index is 0.111. The summed E-state index contributed by atoms with van der Waals surface area (Å²) in [5.74, 6) is -0.370. The Morgan fingerprint density at radius 1 is 0.962 bits per heavy atom. The van der Waals surface area contributed by atoms with Gasteiger partial charge in [-0.3, -0.25) is 9.59 Å². The monoisotopic (exact) mass is 351 g/mol. The zero-order chi connectivity index (χ0) is 18.5. The summed E-state index contributed by atoms with van der Waals surface area (Å²) in [6.45, 7) is 6.87.